The molecule has 0 aliphatic rings. The average Bonchev–Trinajstić information content (AvgIpc) is 3.88. The zero-order chi connectivity index (χ0) is 41.0. The first-order valence-electron chi connectivity index (χ1n) is 20.9. The predicted molar refractivity (Wildman–Crippen MR) is 256 cm³/mol. The topological polar surface area (TPSA) is 48.5 Å². The Morgan fingerprint density at radius 1 is 0.274 bits per heavy atom. The first kappa shape index (κ1) is 35.5. The van der Waals surface area contributed by atoms with E-state index < -0.39 is 0 Å². The third kappa shape index (κ3) is 5.98. The fourth-order valence-corrected chi connectivity index (χ4v) is 9.11. The number of fused-ring (bicyclic) bond motifs is 7. The summed E-state index contributed by atoms with van der Waals surface area (Å²) in [6.45, 7) is 0. The molecule has 3 aromatic heterocycles. The van der Waals surface area contributed by atoms with E-state index in [9.17, 15) is 0 Å². The first-order chi connectivity index (χ1) is 30.7. The van der Waals surface area contributed by atoms with E-state index in [-0.39, 0.29) is 0 Å². The minimum absolute atomic E-state index is 0.557. The molecule has 0 N–H and O–H groups in total. The van der Waals surface area contributed by atoms with E-state index in [0.717, 1.165) is 82.7 Å². The van der Waals surface area contributed by atoms with Gasteiger partial charge in [-0.25, -0.2) is 4.98 Å². The van der Waals surface area contributed by atoms with Gasteiger partial charge in [0.05, 0.1) is 22.1 Å². The monoisotopic (exact) mass is 791 g/mol. The normalized spacial score (nSPS) is 11.5. The van der Waals surface area contributed by atoms with Crippen molar-refractivity contribution in [3.05, 3.63) is 224 Å². The molecule has 5 nitrogen and oxygen atoms in total. The van der Waals surface area contributed by atoms with Gasteiger partial charge in [0.2, 0.25) is 5.95 Å². The summed E-state index contributed by atoms with van der Waals surface area (Å²) in [5.74, 6) is 1.76. The number of rotatable bonds is 7. The minimum Gasteiger partial charge on any atom is -0.309 e. The van der Waals surface area contributed by atoms with Gasteiger partial charge in [-0.3, -0.25) is 4.57 Å². The predicted octanol–water partition coefficient (Wildman–Crippen LogP) is 14.4. The molecule has 62 heavy (non-hydrogen) atoms. The second-order valence-corrected chi connectivity index (χ2v) is 15.7. The second-order valence-electron chi connectivity index (χ2n) is 15.7. The number of para-hydroxylation sites is 3. The summed E-state index contributed by atoms with van der Waals surface area (Å²) in [6, 6.07) is 79.2. The molecule has 0 aliphatic heterocycles. The Morgan fingerprint density at radius 3 is 1.29 bits per heavy atom. The van der Waals surface area contributed by atoms with E-state index >= 15 is 0 Å². The van der Waals surface area contributed by atoms with Gasteiger partial charge in [0.15, 0.2) is 11.6 Å². The largest absolute Gasteiger partial charge is 0.309 e. The molecule has 3 heterocycles. The highest BCUT2D eigenvalue weighted by Crippen LogP contribution is 2.42. The quantitative estimate of drug-likeness (QED) is 0.162. The lowest BCUT2D eigenvalue weighted by Gasteiger charge is -2.13. The van der Waals surface area contributed by atoms with E-state index in [1.54, 1.807) is 0 Å². The van der Waals surface area contributed by atoms with Crippen molar-refractivity contribution in [1.29, 1.82) is 0 Å². The fraction of sp³-hybridized carbons (Fsp3) is 0. The summed E-state index contributed by atoms with van der Waals surface area (Å²) >= 11 is 0. The summed E-state index contributed by atoms with van der Waals surface area (Å²) in [4.78, 5) is 16.2. The van der Waals surface area contributed by atoms with Crippen molar-refractivity contribution in [1.82, 2.24) is 24.1 Å². The maximum absolute atomic E-state index is 5.44. The smallest absolute Gasteiger partial charge is 0.238 e. The lowest BCUT2D eigenvalue weighted by molar-refractivity contribution is 0.955. The van der Waals surface area contributed by atoms with Gasteiger partial charge in [-0.05, 0) is 81.9 Å². The van der Waals surface area contributed by atoms with Gasteiger partial charge in [0.25, 0.3) is 0 Å². The summed E-state index contributed by atoms with van der Waals surface area (Å²) in [6.07, 6.45) is 0. The number of hydrogen-bond donors (Lipinski definition) is 0. The zero-order valence-electron chi connectivity index (χ0n) is 33.6. The van der Waals surface area contributed by atoms with Crippen molar-refractivity contribution < 1.29 is 0 Å². The molecular formula is C57H37N5. The summed E-state index contributed by atoms with van der Waals surface area (Å²) < 4.78 is 4.63. The maximum atomic E-state index is 5.44. The van der Waals surface area contributed by atoms with Crippen molar-refractivity contribution in [3.63, 3.8) is 0 Å². The molecule has 0 fully saturated rings. The molecule has 290 valence electrons. The van der Waals surface area contributed by atoms with Crippen LogP contribution in [0.1, 0.15) is 0 Å². The molecule has 12 rings (SSSR count). The average molecular weight is 792 g/mol. The van der Waals surface area contributed by atoms with Crippen LogP contribution in [0.5, 0.6) is 0 Å². The fourth-order valence-electron chi connectivity index (χ4n) is 9.11. The van der Waals surface area contributed by atoms with Crippen LogP contribution in [0.2, 0.25) is 0 Å². The first-order valence-corrected chi connectivity index (χ1v) is 20.9. The van der Waals surface area contributed by atoms with E-state index in [4.69, 9.17) is 15.0 Å². The van der Waals surface area contributed by atoms with Crippen LogP contribution < -0.4 is 0 Å². The van der Waals surface area contributed by atoms with Crippen molar-refractivity contribution in [2.45, 2.75) is 0 Å². The highest BCUT2D eigenvalue weighted by atomic mass is 15.2. The second kappa shape index (κ2) is 14.7. The zero-order valence-corrected chi connectivity index (χ0v) is 33.6. The summed E-state index contributed by atoms with van der Waals surface area (Å²) in [5, 5.41) is 4.58. The third-order valence-corrected chi connectivity index (χ3v) is 12.0. The molecule has 0 unspecified atom stereocenters. The van der Waals surface area contributed by atoms with Crippen molar-refractivity contribution in [2.75, 3.05) is 0 Å². The standard InChI is InChI=1S/C57H37N5/c1-4-17-38(18-5-1)40-21-14-23-42(35-40)43-24-16-26-45(37-43)56-58-55(44-25-15-22-41(36-44)39-19-6-2-7-20-39)59-57(60-56)62-50-31-12-10-29-47(50)48-33-34-52-53(54(48)62)49-30-11-13-32-51(49)61(52)46-27-8-3-9-28-46/h1-37H. The molecule has 5 heteroatoms. The highest BCUT2D eigenvalue weighted by Gasteiger charge is 2.23. The van der Waals surface area contributed by atoms with Gasteiger partial charge in [0.1, 0.15) is 0 Å². The van der Waals surface area contributed by atoms with E-state index in [1.165, 1.54) is 11.1 Å². The SMILES string of the molecule is c1ccc(-c2cccc(-c3cccc(-c4nc(-c5cccc(-c6ccccc6)c5)nc(-n5c6ccccc6c6ccc7c(c8ccccc8n7-c7ccccc7)c65)n4)c3)c2)cc1. The van der Waals surface area contributed by atoms with Crippen LogP contribution in [-0.2, 0) is 0 Å². The molecule has 0 aliphatic carbocycles. The van der Waals surface area contributed by atoms with Crippen molar-refractivity contribution in [2.24, 2.45) is 0 Å². The summed E-state index contributed by atoms with van der Waals surface area (Å²) in [5.41, 5.74) is 14.1. The molecule has 0 spiro atoms. The van der Waals surface area contributed by atoms with Crippen LogP contribution in [0.3, 0.4) is 0 Å². The Bertz CT molecular complexity index is 3620. The van der Waals surface area contributed by atoms with E-state index in [1.807, 2.05) is 6.07 Å². The molecule has 0 bridgehead atoms. The Labute approximate surface area is 358 Å². The van der Waals surface area contributed by atoms with Gasteiger partial charge >= 0.3 is 0 Å². The van der Waals surface area contributed by atoms with Crippen LogP contribution in [0.4, 0.5) is 0 Å². The van der Waals surface area contributed by atoms with E-state index in [0.29, 0.717) is 17.6 Å². The van der Waals surface area contributed by atoms with Gasteiger partial charge in [-0.1, -0.05) is 176 Å². The van der Waals surface area contributed by atoms with Gasteiger partial charge in [-0.15, -0.1) is 0 Å². The number of hydrogen-bond acceptors (Lipinski definition) is 3. The van der Waals surface area contributed by atoms with Crippen LogP contribution in [0.15, 0.2) is 224 Å². The lowest BCUT2D eigenvalue weighted by Crippen LogP contribution is -2.06. The number of aromatic nitrogens is 5. The van der Waals surface area contributed by atoms with Crippen LogP contribution in [0, 0.1) is 0 Å². The van der Waals surface area contributed by atoms with Crippen LogP contribution in [-0.4, -0.2) is 24.1 Å². The molecule has 0 radical (unpaired) electrons. The van der Waals surface area contributed by atoms with Crippen molar-refractivity contribution in [3.8, 4) is 67.8 Å². The van der Waals surface area contributed by atoms with Crippen LogP contribution >= 0.6 is 0 Å². The Morgan fingerprint density at radius 2 is 0.710 bits per heavy atom. The molecule has 0 atom stereocenters. The highest BCUT2D eigenvalue weighted by molar-refractivity contribution is 6.26. The van der Waals surface area contributed by atoms with E-state index in [2.05, 4.69) is 228 Å². The molecular weight excluding hydrogens is 755 g/mol. The van der Waals surface area contributed by atoms with Crippen LogP contribution in [0.25, 0.3) is 111 Å². The minimum atomic E-state index is 0.557. The van der Waals surface area contributed by atoms with Gasteiger partial charge < -0.3 is 4.57 Å². The Balaban J connectivity index is 1.13. The lowest BCUT2D eigenvalue weighted by atomic mass is 9.98. The summed E-state index contributed by atoms with van der Waals surface area (Å²) in [7, 11) is 0. The molecule has 0 saturated carbocycles. The molecule has 12 aromatic rings. The van der Waals surface area contributed by atoms with Crippen molar-refractivity contribution >= 4 is 43.6 Å². The Hall–Kier alpha value is -8.41. The molecule has 9 aromatic carbocycles. The Kier molecular flexibility index (Phi) is 8.42. The third-order valence-electron chi connectivity index (χ3n) is 12.0. The molecule has 0 saturated heterocycles. The number of nitrogens with zero attached hydrogens (tertiary/aromatic N) is 5. The number of benzene rings is 9. The molecule has 0 amide bonds. The van der Waals surface area contributed by atoms with Gasteiger partial charge in [-0.2, -0.15) is 9.97 Å². The van der Waals surface area contributed by atoms with Gasteiger partial charge in [0, 0.05) is 38.4 Å². The maximum Gasteiger partial charge on any atom is 0.238 e.